The maximum absolute atomic E-state index is 11.5. The van der Waals surface area contributed by atoms with Crippen LogP contribution in [0.1, 0.15) is 12.5 Å². The van der Waals surface area contributed by atoms with Crippen LogP contribution >= 0.6 is 0 Å². The molecule has 0 aliphatic rings. The monoisotopic (exact) mass is 280 g/mol. The number of hydrogen-bond acceptors (Lipinski definition) is 5. The maximum atomic E-state index is 11.5. The van der Waals surface area contributed by atoms with Crippen LogP contribution in [0.2, 0.25) is 0 Å². The number of ether oxygens (including phenoxy) is 2. The van der Waals surface area contributed by atoms with Crippen molar-refractivity contribution >= 4 is 17.6 Å². The minimum atomic E-state index is -0.722. The second kappa shape index (κ2) is 7.37. The second-order valence-corrected chi connectivity index (χ2v) is 4.34. The van der Waals surface area contributed by atoms with Gasteiger partial charge in [0.15, 0.2) is 0 Å². The van der Waals surface area contributed by atoms with E-state index in [9.17, 15) is 9.59 Å². The van der Waals surface area contributed by atoms with Gasteiger partial charge in [0.2, 0.25) is 5.91 Å². The molecule has 110 valence electrons. The van der Waals surface area contributed by atoms with Crippen LogP contribution in [-0.2, 0) is 14.3 Å². The SMILES string of the molecule is COC(=O)C(CNc1ccc(OC)c(C)c1)NC(C)=O. The van der Waals surface area contributed by atoms with E-state index in [-0.39, 0.29) is 12.5 Å². The molecule has 1 rings (SSSR count). The highest BCUT2D eigenvalue weighted by molar-refractivity contribution is 5.83. The summed E-state index contributed by atoms with van der Waals surface area (Å²) in [6.45, 7) is 3.53. The normalized spacial score (nSPS) is 11.4. The number of aryl methyl sites for hydroxylation is 1. The van der Waals surface area contributed by atoms with Gasteiger partial charge in [-0.05, 0) is 30.7 Å². The van der Waals surface area contributed by atoms with Crippen molar-refractivity contribution in [2.45, 2.75) is 19.9 Å². The molecule has 0 fully saturated rings. The molecule has 0 spiro atoms. The number of methoxy groups -OCH3 is 2. The Bertz CT molecular complexity index is 488. The Morgan fingerprint density at radius 3 is 2.50 bits per heavy atom. The summed E-state index contributed by atoms with van der Waals surface area (Å²) in [6.07, 6.45) is 0. The fourth-order valence-electron chi connectivity index (χ4n) is 1.79. The molecule has 6 heteroatoms. The number of benzene rings is 1. The highest BCUT2D eigenvalue weighted by Gasteiger charge is 2.19. The molecule has 0 aliphatic heterocycles. The smallest absolute Gasteiger partial charge is 0.330 e. The van der Waals surface area contributed by atoms with Crippen LogP contribution in [0.25, 0.3) is 0 Å². The van der Waals surface area contributed by atoms with Crippen LogP contribution in [0.3, 0.4) is 0 Å². The summed E-state index contributed by atoms with van der Waals surface area (Å²) in [5, 5.41) is 5.62. The van der Waals surface area contributed by atoms with Crippen molar-refractivity contribution in [3.05, 3.63) is 23.8 Å². The van der Waals surface area contributed by atoms with E-state index in [1.165, 1.54) is 14.0 Å². The Morgan fingerprint density at radius 2 is 2.00 bits per heavy atom. The van der Waals surface area contributed by atoms with Crippen molar-refractivity contribution in [3.8, 4) is 5.75 Å². The van der Waals surface area contributed by atoms with Gasteiger partial charge in [0.05, 0.1) is 14.2 Å². The summed E-state index contributed by atoms with van der Waals surface area (Å²) in [4.78, 5) is 22.6. The minimum Gasteiger partial charge on any atom is -0.496 e. The quantitative estimate of drug-likeness (QED) is 0.763. The number of nitrogens with one attached hydrogen (secondary N) is 2. The zero-order valence-corrected chi connectivity index (χ0v) is 12.1. The summed E-state index contributed by atoms with van der Waals surface area (Å²) < 4.78 is 9.82. The molecule has 0 aliphatic carbocycles. The predicted octanol–water partition coefficient (Wildman–Crippen LogP) is 1.09. The van der Waals surface area contributed by atoms with Crippen molar-refractivity contribution in [2.75, 3.05) is 26.1 Å². The van der Waals surface area contributed by atoms with E-state index in [0.717, 1.165) is 17.0 Å². The Morgan fingerprint density at radius 1 is 1.30 bits per heavy atom. The molecule has 1 unspecified atom stereocenters. The zero-order chi connectivity index (χ0) is 15.1. The summed E-state index contributed by atoms with van der Waals surface area (Å²) in [5.74, 6) is 0.0213. The molecule has 0 aromatic heterocycles. The standard InChI is InChI=1S/C14H20N2O4/c1-9-7-11(5-6-13(9)19-3)15-8-12(14(18)20-4)16-10(2)17/h5-7,12,15H,8H2,1-4H3,(H,16,17). The van der Waals surface area contributed by atoms with Crippen molar-refractivity contribution in [3.63, 3.8) is 0 Å². The number of carbonyl (C=O) groups excluding carboxylic acids is 2. The Hall–Kier alpha value is -2.24. The van der Waals surface area contributed by atoms with Crippen LogP contribution in [0, 0.1) is 6.92 Å². The minimum absolute atomic E-state index is 0.248. The number of amides is 1. The van der Waals surface area contributed by atoms with E-state index in [0.29, 0.717) is 0 Å². The van der Waals surface area contributed by atoms with Gasteiger partial charge >= 0.3 is 5.97 Å². The van der Waals surface area contributed by atoms with Gasteiger partial charge < -0.3 is 20.1 Å². The van der Waals surface area contributed by atoms with Gasteiger partial charge in [0.25, 0.3) is 0 Å². The van der Waals surface area contributed by atoms with E-state index in [4.69, 9.17) is 4.74 Å². The molecule has 0 heterocycles. The third kappa shape index (κ3) is 4.46. The fourth-order valence-corrected chi connectivity index (χ4v) is 1.79. The lowest BCUT2D eigenvalue weighted by Gasteiger charge is -2.17. The van der Waals surface area contributed by atoms with Gasteiger partial charge in [-0.3, -0.25) is 4.79 Å². The second-order valence-electron chi connectivity index (χ2n) is 4.34. The average Bonchev–Trinajstić information content (AvgIpc) is 2.42. The molecular formula is C14H20N2O4. The molecule has 0 saturated heterocycles. The van der Waals surface area contributed by atoms with Crippen LogP contribution < -0.4 is 15.4 Å². The van der Waals surface area contributed by atoms with E-state index in [1.54, 1.807) is 7.11 Å². The maximum Gasteiger partial charge on any atom is 0.330 e. The number of carbonyl (C=O) groups is 2. The Balaban J connectivity index is 2.69. The van der Waals surface area contributed by atoms with E-state index in [2.05, 4.69) is 15.4 Å². The summed E-state index contributed by atoms with van der Waals surface area (Å²) in [6, 6.07) is 4.86. The topological polar surface area (TPSA) is 76.7 Å². The fraction of sp³-hybridized carbons (Fsp3) is 0.429. The highest BCUT2D eigenvalue weighted by atomic mass is 16.5. The summed E-state index contributed by atoms with van der Waals surface area (Å²) in [5.41, 5.74) is 1.81. The third-order valence-electron chi connectivity index (χ3n) is 2.77. The van der Waals surface area contributed by atoms with Crippen LogP contribution in [0.4, 0.5) is 5.69 Å². The zero-order valence-electron chi connectivity index (χ0n) is 12.1. The first-order valence-corrected chi connectivity index (χ1v) is 6.21. The Labute approximate surface area is 118 Å². The molecule has 1 amide bonds. The first-order chi connectivity index (χ1) is 9.47. The van der Waals surface area contributed by atoms with Gasteiger partial charge in [-0.25, -0.2) is 4.79 Å². The lowest BCUT2D eigenvalue weighted by molar-refractivity contribution is -0.144. The molecule has 0 radical (unpaired) electrons. The van der Waals surface area contributed by atoms with Gasteiger partial charge in [-0.15, -0.1) is 0 Å². The molecule has 6 nitrogen and oxygen atoms in total. The lowest BCUT2D eigenvalue weighted by atomic mass is 10.2. The van der Waals surface area contributed by atoms with E-state index < -0.39 is 12.0 Å². The van der Waals surface area contributed by atoms with Gasteiger partial charge in [0.1, 0.15) is 11.8 Å². The van der Waals surface area contributed by atoms with Gasteiger partial charge in [0, 0.05) is 19.2 Å². The Kier molecular flexibility index (Phi) is 5.83. The highest BCUT2D eigenvalue weighted by Crippen LogP contribution is 2.21. The molecule has 20 heavy (non-hydrogen) atoms. The first kappa shape index (κ1) is 15.8. The molecule has 1 aromatic carbocycles. The van der Waals surface area contributed by atoms with Crippen LogP contribution in [0.5, 0.6) is 5.75 Å². The average molecular weight is 280 g/mol. The van der Waals surface area contributed by atoms with Crippen LogP contribution in [0.15, 0.2) is 18.2 Å². The van der Waals surface area contributed by atoms with Gasteiger partial charge in [-0.1, -0.05) is 0 Å². The number of esters is 1. The van der Waals surface area contributed by atoms with Crippen molar-refractivity contribution < 1.29 is 19.1 Å². The molecule has 1 aromatic rings. The van der Waals surface area contributed by atoms with Crippen LogP contribution in [-0.4, -0.2) is 38.7 Å². The molecule has 2 N–H and O–H groups in total. The predicted molar refractivity (Wildman–Crippen MR) is 75.8 cm³/mol. The van der Waals surface area contributed by atoms with Crippen molar-refractivity contribution in [1.82, 2.24) is 5.32 Å². The molecule has 1 atom stereocenters. The number of hydrogen-bond donors (Lipinski definition) is 2. The van der Waals surface area contributed by atoms with Gasteiger partial charge in [-0.2, -0.15) is 0 Å². The molecular weight excluding hydrogens is 260 g/mol. The van der Waals surface area contributed by atoms with Crippen molar-refractivity contribution in [1.29, 1.82) is 0 Å². The number of anilines is 1. The lowest BCUT2D eigenvalue weighted by Crippen LogP contribution is -2.45. The molecule has 0 saturated carbocycles. The summed E-state index contributed by atoms with van der Waals surface area (Å²) in [7, 11) is 2.90. The largest absolute Gasteiger partial charge is 0.496 e. The molecule has 0 bridgehead atoms. The van der Waals surface area contributed by atoms with Crippen molar-refractivity contribution in [2.24, 2.45) is 0 Å². The van der Waals surface area contributed by atoms with E-state index in [1.807, 2.05) is 25.1 Å². The first-order valence-electron chi connectivity index (χ1n) is 6.21. The number of rotatable bonds is 6. The van der Waals surface area contributed by atoms with E-state index >= 15 is 0 Å². The summed E-state index contributed by atoms with van der Waals surface area (Å²) >= 11 is 0. The third-order valence-corrected chi connectivity index (χ3v) is 2.77.